The van der Waals surface area contributed by atoms with Crippen molar-refractivity contribution < 1.29 is 9.53 Å². The van der Waals surface area contributed by atoms with Crippen LogP contribution in [0.5, 0.6) is 0 Å². The third-order valence-corrected chi connectivity index (χ3v) is 5.41. The average Bonchev–Trinajstić information content (AvgIpc) is 3.20. The summed E-state index contributed by atoms with van der Waals surface area (Å²) in [7, 11) is 0. The number of rotatable bonds is 5. The molecule has 4 nitrogen and oxygen atoms in total. The molecule has 0 radical (unpaired) electrons. The Morgan fingerprint density at radius 3 is 3.05 bits per heavy atom. The second-order valence-electron chi connectivity index (χ2n) is 6.08. The van der Waals surface area contributed by atoms with E-state index in [1.165, 1.54) is 5.56 Å². The van der Waals surface area contributed by atoms with Crippen LogP contribution in [-0.2, 0) is 9.53 Å². The molecule has 5 heteroatoms. The number of nitrogens with one attached hydrogen (secondary N) is 1. The van der Waals surface area contributed by atoms with Crippen LogP contribution in [0.15, 0.2) is 16.8 Å². The minimum atomic E-state index is -0.0373. The topological polar surface area (TPSA) is 41.6 Å². The molecule has 2 aliphatic heterocycles. The van der Waals surface area contributed by atoms with Gasteiger partial charge in [0.2, 0.25) is 5.91 Å². The zero-order chi connectivity index (χ0) is 14.8. The minimum Gasteiger partial charge on any atom is -0.381 e. The lowest BCUT2D eigenvalue weighted by atomic mass is 9.98. The van der Waals surface area contributed by atoms with Crippen LogP contribution in [0.25, 0.3) is 0 Å². The number of carbonyl (C=O) groups is 1. The van der Waals surface area contributed by atoms with Gasteiger partial charge < -0.3 is 9.64 Å². The van der Waals surface area contributed by atoms with Crippen molar-refractivity contribution in [3.8, 4) is 0 Å². The molecule has 0 aliphatic carbocycles. The van der Waals surface area contributed by atoms with E-state index in [-0.39, 0.29) is 24.2 Å². The average molecular weight is 308 g/mol. The lowest BCUT2D eigenvalue weighted by Crippen LogP contribution is -2.42. The largest absolute Gasteiger partial charge is 0.381 e. The molecule has 1 aromatic rings. The monoisotopic (exact) mass is 308 g/mol. The van der Waals surface area contributed by atoms with E-state index in [9.17, 15) is 4.79 Å². The zero-order valence-electron chi connectivity index (χ0n) is 12.7. The number of ether oxygens (including phenoxy) is 1. The van der Waals surface area contributed by atoms with E-state index in [1.807, 2.05) is 0 Å². The Morgan fingerprint density at radius 1 is 1.57 bits per heavy atom. The molecule has 0 aromatic carbocycles. The molecule has 3 heterocycles. The molecule has 2 aliphatic rings. The Morgan fingerprint density at radius 2 is 2.43 bits per heavy atom. The second kappa shape index (κ2) is 6.46. The molecule has 1 aromatic heterocycles. The lowest BCUT2D eigenvalue weighted by Gasteiger charge is -2.33. The van der Waals surface area contributed by atoms with Gasteiger partial charge in [-0.2, -0.15) is 11.3 Å². The van der Waals surface area contributed by atoms with E-state index in [2.05, 4.69) is 40.9 Å². The Kier molecular flexibility index (Phi) is 4.62. The van der Waals surface area contributed by atoms with Crippen molar-refractivity contribution in [2.45, 2.75) is 51.4 Å². The van der Waals surface area contributed by atoms with Crippen molar-refractivity contribution in [1.82, 2.24) is 10.2 Å². The van der Waals surface area contributed by atoms with E-state index in [1.54, 1.807) is 11.3 Å². The molecule has 2 saturated heterocycles. The highest BCUT2D eigenvalue weighted by atomic mass is 32.1. The highest BCUT2D eigenvalue weighted by molar-refractivity contribution is 7.07. The Hall–Kier alpha value is -0.910. The third-order valence-electron chi connectivity index (χ3n) is 4.71. The summed E-state index contributed by atoms with van der Waals surface area (Å²) in [4.78, 5) is 14.9. The summed E-state index contributed by atoms with van der Waals surface area (Å²) in [6.45, 7) is 5.91. The van der Waals surface area contributed by atoms with Gasteiger partial charge in [0.25, 0.3) is 0 Å². The second-order valence-corrected chi connectivity index (χ2v) is 6.86. The van der Waals surface area contributed by atoms with Gasteiger partial charge in [-0.05, 0) is 42.2 Å². The van der Waals surface area contributed by atoms with Gasteiger partial charge in [0.05, 0.1) is 12.6 Å². The molecule has 1 N–H and O–H groups in total. The highest BCUT2D eigenvalue weighted by Gasteiger charge is 2.43. The number of carbonyl (C=O) groups excluding carboxylic acids is 1. The van der Waals surface area contributed by atoms with E-state index >= 15 is 0 Å². The molecule has 0 spiro atoms. The van der Waals surface area contributed by atoms with Gasteiger partial charge >= 0.3 is 0 Å². The van der Waals surface area contributed by atoms with E-state index in [0.29, 0.717) is 5.92 Å². The minimum absolute atomic E-state index is 0.0240. The molecule has 4 unspecified atom stereocenters. The molecule has 0 saturated carbocycles. The summed E-state index contributed by atoms with van der Waals surface area (Å²) in [6, 6.07) is 2.30. The molecule has 0 bridgehead atoms. The van der Waals surface area contributed by atoms with Gasteiger partial charge in [-0.25, -0.2) is 0 Å². The Balaban J connectivity index is 1.83. The summed E-state index contributed by atoms with van der Waals surface area (Å²) in [6.07, 6.45) is 3.01. The van der Waals surface area contributed by atoms with Crippen molar-refractivity contribution in [2.24, 2.45) is 5.92 Å². The maximum absolute atomic E-state index is 12.8. The molecule has 1 amide bonds. The number of nitrogens with zero attached hydrogens (tertiary/aromatic N) is 1. The van der Waals surface area contributed by atoms with E-state index in [4.69, 9.17) is 4.74 Å². The third kappa shape index (κ3) is 2.87. The maximum Gasteiger partial charge on any atom is 0.241 e. The highest BCUT2D eigenvalue weighted by Crippen LogP contribution is 2.34. The fourth-order valence-electron chi connectivity index (χ4n) is 3.43. The predicted octanol–water partition coefficient (Wildman–Crippen LogP) is 2.77. The zero-order valence-corrected chi connectivity index (χ0v) is 13.6. The van der Waals surface area contributed by atoms with Crippen molar-refractivity contribution in [1.29, 1.82) is 0 Å². The molecule has 21 heavy (non-hydrogen) atoms. The van der Waals surface area contributed by atoms with Gasteiger partial charge in [-0.1, -0.05) is 13.3 Å². The first-order chi connectivity index (χ1) is 10.2. The summed E-state index contributed by atoms with van der Waals surface area (Å²) >= 11 is 1.69. The van der Waals surface area contributed by atoms with Crippen LogP contribution in [0.2, 0.25) is 0 Å². The standard InChI is InChI=1S/C16H24N2O2S/c1-3-4-14-16(19)18(11(2)12-5-7-20-9-12)15(17-14)13-6-8-21-10-13/h6,8,10-12,14-15,17H,3-5,7,9H2,1-2H3. The number of hydrogen-bond donors (Lipinski definition) is 1. The fraction of sp³-hybridized carbons (Fsp3) is 0.688. The van der Waals surface area contributed by atoms with E-state index in [0.717, 1.165) is 32.5 Å². The van der Waals surface area contributed by atoms with Gasteiger partial charge in [0.15, 0.2) is 0 Å². The first-order valence-corrected chi connectivity index (χ1v) is 8.84. The van der Waals surface area contributed by atoms with Gasteiger partial charge in [0.1, 0.15) is 6.17 Å². The summed E-state index contributed by atoms with van der Waals surface area (Å²) in [5, 5.41) is 7.76. The predicted molar refractivity (Wildman–Crippen MR) is 84.1 cm³/mol. The van der Waals surface area contributed by atoms with Crippen molar-refractivity contribution in [2.75, 3.05) is 13.2 Å². The molecule has 4 atom stereocenters. The summed E-state index contributed by atoms with van der Waals surface area (Å²) < 4.78 is 5.52. The Bertz CT molecular complexity index is 471. The normalized spacial score (nSPS) is 31.0. The fourth-order valence-corrected chi connectivity index (χ4v) is 4.11. The number of amides is 1. The molecule has 3 rings (SSSR count). The van der Waals surface area contributed by atoms with Crippen LogP contribution in [-0.4, -0.2) is 36.1 Å². The maximum atomic E-state index is 12.8. The number of thiophene rings is 1. The Labute approximate surface area is 130 Å². The first-order valence-electron chi connectivity index (χ1n) is 7.90. The van der Waals surface area contributed by atoms with Gasteiger partial charge in [-0.3, -0.25) is 10.1 Å². The summed E-state index contributed by atoms with van der Waals surface area (Å²) in [5.74, 6) is 0.713. The quantitative estimate of drug-likeness (QED) is 0.909. The van der Waals surface area contributed by atoms with Gasteiger partial charge in [-0.15, -0.1) is 0 Å². The van der Waals surface area contributed by atoms with Crippen LogP contribution < -0.4 is 5.32 Å². The van der Waals surface area contributed by atoms with Crippen LogP contribution in [0.1, 0.15) is 44.8 Å². The van der Waals surface area contributed by atoms with E-state index < -0.39 is 0 Å². The molecular formula is C16H24N2O2S. The van der Waals surface area contributed by atoms with Crippen molar-refractivity contribution in [3.63, 3.8) is 0 Å². The lowest BCUT2D eigenvalue weighted by molar-refractivity contribution is -0.133. The molecular weight excluding hydrogens is 284 g/mol. The SMILES string of the molecule is CCCC1NC(c2ccsc2)N(C(C)C2CCOC2)C1=O. The molecule has 116 valence electrons. The van der Waals surface area contributed by atoms with Crippen molar-refractivity contribution >= 4 is 17.2 Å². The van der Waals surface area contributed by atoms with Gasteiger partial charge in [0, 0.05) is 18.6 Å². The van der Waals surface area contributed by atoms with Crippen LogP contribution >= 0.6 is 11.3 Å². The van der Waals surface area contributed by atoms with Crippen LogP contribution in [0, 0.1) is 5.92 Å². The molecule has 2 fully saturated rings. The number of hydrogen-bond acceptors (Lipinski definition) is 4. The summed E-state index contributed by atoms with van der Waals surface area (Å²) in [5.41, 5.74) is 1.21. The van der Waals surface area contributed by atoms with Crippen LogP contribution in [0.4, 0.5) is 0 Å². The van der Waals surface area contributed by atoms with Crippen molar-refractivity contribution in [3.05, 3.63) is 22.4 Å². The smallest absolute Gasteiger partial charge is 0.241 e. The van der Waals surface area contributed by atoms with Crippen LogP contribution in [0.3, 0.4) is 0 Å². The first kappa shape index (κ1) is 15.0.